The van der Waals surface area contributed by atoms with E-state index >= 15 is 0 Å². The Hall–Kier alpha value is -3.42. The first kappa shape index (κ1) is 19.3. The SMILES string of the molecule is COc1ccc(CNC(=O)Cn2nc(-c3c(C)nn(C)c3C)ccc2=O)cc1. The van der Waals surface area contributed by atoms with E-state index in [9.17, 15) is 9.59 Å². The molecule has 8 nitrogen and oxygen atoms in total. The summed E-state index contributed by atoms with van der Waals surface area (Å²) in [6.07, 6.45) is 0. The highest BCUT2D eigenvalue weighted by atomic mass is 16.5. The lowest BCUT2D eigenvalue weighted by Crippen LogP contribution is -2.33. The van der Waals surface area contributed by atoms with Crippen LogP contribution in [0.5, 0.6) is 5.75 Å². The summed E-state index contributed by atoms with van der Waals surface area (Å²) in [6, 6.07) is 10.5. The normalized spacial score (nSPS) is 10.7. The van der Waals surface area contributed by atoms with Crippen molar-refractivity contribution in [1.82, 2.24) is 24.9 Å². The monoisotopic (exact) mass is 381 g/mol. The van der Waals surface area contributed by atoms with Gasteiger partial charge in [-0.05, 0) is 37.6 Å². The van der Waals surface area contributed by atoms with Crippen molar-refractivity contribution in [2.75, 3.05) is 7.11 Å². The van der Waals surface area contributed by atoms with Crippen LogP contribution in [0, 0.1) is 13.8 Å². The third kappa shape index (κ3) is 4.11. The van der Waals surface area contributed by atoms with E-state index < -0.39 is 0 Å². The third-order valence-electron chi connectivity index (χ3n) is 4.57. The van der Waals surface area contributed by atoms with Gasteiger partial charge in [-0.3, -0.25) is 14.3 Å². The van der Waals surface area contributed by atoms with Crippen LogP contribution in [0.15, 0.2) is 41.2 Å². The molecule has 0 aliphatic carbocycles. The van der Waals surface area contributed by atoms with Gasteiger partial charge in [0.2, 0.25) is 5.91 Å². The Morgan fingerprint density at radius 1 is 1.11 bits per heavy atom. The first-order valence-electron chi connectivity index (χ1n) is 8.87. The number of ether oxygens (including phenoxy) is 1. The van der Waals surface area contributed by atoms with E-state index in [1.54, 1.807) is 17.9 Å². The number of carbonyl (C=O) groups excluding carboxylic acids is 1. The first-order valence-corrected chi connectivity index (χ1v) is 8.87. The maximum absolute atomic E-state index is 12.3. The van der Waals surface area contributed by atoms with Crippen LogP contribution in [0.4, 0.5) is 0 Å². The molecule has 1 aromatic carbocycles. The van der Waals surface area contributed by atoms with Gasteiger partial charge in [0.15, 0.2) is 0 Å². The number of hydrogen-bond acceptors (Lipinski definition) is 5. The van der Waals surface area contributed by atoms with Gasteiger partial charge in [-0.15, -0.1) is 0 Å². The summed E-state index contributed by atoms with van der Waals surface area (Å²) in [4.78, 5) is 24.4. The second kappa shape index (κ2) is 8.08. The molecule has 8 heteroatoms. The van der Waals surface area contributed by atoms with E-state index in [2.05, 4.69) is 15.5 Å². The molecule has 0 spiro atoms. The molecular formula is C20H23N5O3. The molecule has 28 heavy (non-hydrogen) atoms. The maximum atomic E-state index is 12.3. The molecule has 0 saturated carbocycles. The minimum absolute atomic E-state index is 0.152. The topological polar surface area (TPSA) is 91.0 Å². The van der Waals surface area contributed by atoms with E-state index in [1.807, 2.05) is 45.2 Å². The molecule has 146 valence electrons. The lowest BCUT2D eigenvalue weighted by molar-refractivity contribution is -0.122. The van der Waals surface area contributed by atoms with Gasteiger partial charge in [-0.25, -0.2) is 4.68 Å². The predicted molar refractivity (Wildman–Crippen MR) is 105 cm³/mol. The van der Waals surface area contributed by atoms with E-state index in [-0.39, 0.29) is 18.0 Å². The lowest BCUT2D eigenvalue weighted by Gasteiger charge is -2.09. The largest absolute Gasteiger partial charge is 0.497 e. The molecule has 3 aromatic rings. The van der Waals surface area contributed by atoms with Crippen molar-refractivity contribution >= 4 is 5.91 Å². The highest BCUT2D eigenvalue weighted by Crippen LogP contribution is 2.23. The highest BCUT2D eigenvalue weighted by Gasteiger charge is 2.15. The molecule has 0 aliphatic heterocycles. The average Bonchev–Trinajstić information content (AvgIpc) is 2.94. The highest BCUT2D eigenvalue weighted by molar-refractivity contribution is 5.75. The number of aryl methyl sites for hydroxylation is 2. The smallest absolute Gasteiger partial charge is 0.267 e. The summed E-state index contributed by atoms with van der Waals surface area (Å²) >= 11 is 0. The standard InChI is InChI=1S/C20H23N5O3/c1-13-20(14(2)24(3)22-13)17-9-10-19(27)25(23-17)12-18(26)21-11-15-5-7-16(28-4)8-6-15/h5-10H,11-12H2,1-4H3,(H,21,26). The van der Waals surface area contributed by atoms with Crippen molar-refractivity contribution in [1.29, 1.82) is 0 Å². The number of nitrogens with one attached hydrogen (secondary N) is 1. The van der Waals surface area contributed by atoms with Gasteiger partial charge in [0.1, 0.15) is 12.3 Å². The van der Waals surface area contributed by atoms with Gasteiger partial charge in [0.25, 0.3) is 5.56 Å². The molecule has 3 rings (SSSR count). The fourth-order valence-electron chi connectivity index (χ4n) is 2.98. The number of rotatable bonds is 6. The van der Waals surface area contributed by atoms with Crippen LogP contribution in [0.1, 0.15) is 17.0 Å². The summed E-state index contributed by atoms with van der Waals surface area (Å²) < 4.78 is 8.05. The summed E-state index contributed by atoms with van der Waals surface area (Å²) in [6.45, 7) is 4.04. The number of methoxy groups -OCH3 is 1. The number of aromatic nitrogens is 4. The molecular weight excluding hydrogens is 358 g/mol. The van der Waals surface area contributed by atoms with Crippen LogP contribution in [-0.4, -0.2) is 32.6 Å². The van der Waals surface area contributed by atoms with E-state index in [0.29, 0.717) is 12.2 Å². The Labute approximate surface area is 162 Å². The van der Waals surface area contributed by atoms with Crippen LogP contribution in [0.3, 0.4) is 0 Å². The van der Waals surface area contributed by atoms with Crippen molar-refractivity contribution in [2.24, 2.45) is 7.05 Å². The van der Waals surface area contributed by atoms with Crippen LogP contribution in [0.2, 0.25) is 0 Å². The minimum atomic E-state index is -0.331. The molecule has 0 atom stereocenters. The Morgan fingerprint density at radius 2 is 1.82 bits per heavy atom. The van der Waals surface area contributed by atoms with Gasteiger partial charge in [-0.2, -0.15) is 10.2 Å². The molecule has 0 unspecified atom stereocenters. The lowest BCUT2D eigenvalue weighted by atomic mass is 10.1. The van der Waals surface area contributed by atoms with E-state index in [0.717, 1.165) is 28.3 Å². The zero-order valence-electron chi connectivity index (χ0n) is 16.4. The molecule has 0 saturated heterocycles. The van der Waals surface area contributed by atoms with E-state index in [1.165, 1.54) is 10.7 Å². The number of carbonyl (C=O) groups is 1. The molecule has 0 radical (unpaired) electrons. The zero-order valence-corrected chi connectivity index (χ0v) is 16.4. The first-order chi connectivity index (χ1) is 13.4. The molecule has 0 fully saturated rings. The van der Waals surface area contributed by atoms with Gasteiger partial charge < -0.3 is 10.1 Å². The van der Waals surface area contributed by atoms with Crippen LogP contribution in [-0.2, 0) is 24.9 Å². The van der Waals surface area contributed by atoms with Crippen molar-refractivity contribution in [2.45, 2.75) is 26.9 Å². The van der Waals surface area contributed by atoms with Gasteiger partial charge >= 0.3 is 0 Å². The van der Waals surface area contributed by atoms with Crippen molar-refractivity contribution in [3.05, 3.63) is 63.7 Å². The number of benzene rings is 1. The van der Waals surface area contributed by atoms with Gasteiger partial charge in [0, 0.05) is 30.9 Å². The van der Waals surface area contributed by atoms with Crippen LogP contribution >= 0.6 is 0 Å². The molecule has 1 amide bonds. The Balaban J connectivity index is 1.72. The number of hydrogen-bond donors (Lipinski definition) is 1. The molecule has 0 bridgehead atoms. The molecule has 1 N–H and O–H groups in total. The Morgan fingerprint density at radius 3 is 2.43 bits per heavy atom. The van der Waals surface area contributed by atoms with Crippen LogP contribution < -0.4 is 15.6 Å². The second-order valence-electron chi connectivity index (χ2n) is 6.51. The summed E-state index contributed by atoms with van der Waals surface area (Å²) in [5, 5.41) is 11.5. The summed E-state index contributed by atoms with van der Waals surface area (Å²) in [5.74, 6) is 0.464. The molecule has 2 heterocycles. The summed E-state index contributed by atoms with van der Waals surface area (Å²) in [7, 11) is 3.46. The summed E-state index contributed by atoms with van der Waals surface area (Å²) in [5.41, 5.74) is 3.86. The third-order valence-corrected chi connectivity index (χ3v) is 4.57. The predicted octanol–water partition coefficient (Wildman–Crippen LogP) is 1.59. The van der Waals surface area contributed by atoms with Crippen molar-refractivity contribution < 1.29 is 9.53 Å². The van der Waals surface area contributed by atoms with Crippen molar-refractivity contribution in [3.63, 3.8) is 0 Å². The second-order valence-corrected chi connectivity index (χ2v) is 6.51. The zero-order chi connectivity index (χ0) is 20.3. The fraction of sp³-hybridized carbons (Fsp3) is 0.300. The fourth-order valence-corrected chi connectivity index (χ4v) is 2.98. The quantitative estimate of drug-likeness (QED) is 0.700. The number of nitrogens with zero attached hydrogens (tertiary/aromatic N) is 4. The van der Waals surface area contributed by atoms with Gasteiger partial charge in [-0.1, -0.05) is 12.1 Å². The molecule has 0 aliphatic rings. The Kier molecular flexibility index (Phi) is 5.58. The van der Waals surface area contributed by atoms with E-state index in [4.69, 9.17) is 4.74 Å². The maximum Gasteiger partial charge on any atom is 0.267 e. The average molecular weight is 381 g/mol. The Bertz CT molecular complexity index is 1050. The van der Waals surface area contributed by atoms with Crippen LogP contribution in [0.25, 0.3) is 11.3 Å². The minimum Gasteiger partial charge on any atom is -0.497 e. The van der Waals surface area contributed by atoms with Crippen molar-refractivity contribution in [3.8, 4) is 17.0 Å². The number of amides is 1. The van der Waals surface area contributed by atoms with Gasteiger partial charge in [0.05, 0.1) is 18.5 Å². The molecule has 2 aromatic heterocycles.